The Morgan fingerprint density at radius 2 is 1.74 bits per heavy atom. The minimum Gasteiger partial charge on any atom is -0.469 e. The number of halogens is 3. The fraction of sp³-hybridized carbons (Fsp3) is 0.357. The number of benzene rings is 1. The van der Waals surface area contributed by atoms with Gasteiger partial charge in [-0.15, -0.1) is 0 Å². The highest BCUT2D eigenvalue weighted by atomic mass is 19.4. The van der Waals surface area contributed by atoms with Crippen LogP contribution in [0.15, 0.2) is 24.3 Å². The minimum atomic E-state index is -4.74. The molecule has 0 aromatic heterocycles. The average molecular weight is 333 g/mol. The highest BCUT2D eigenvalue weighted by molar-refractivity contribution is 5.98. The summed E-state index contributed by atoms with van der Waals surface area (Å²) in [5.74, 6) is -2.96. The molecule has 0 saturated heterocycles. The number of carbonyl (C=O) groups excluding carboxylic acids is 3. The first kappa shape index (κ1) is 18.5. The van der Waals surface area contributed by atoms with E-state index in [1.165, 1.54) is 6.07 Å². The molecule has 0 spiro atoms. The van der Waals surface area contributed by atoms with Crippen LogP contribution in [0.4, 0.5) is 13.2 Å². The van der Waals surface area contributed by atoms with Gasteiger partial charge in [-0.3, -0.25) is 9.59 Å². The SMILES string of the molecule is COC(=O)C[C@@H](NC(=O)c1ccccc1C(F)(F)F)C(=O)OC. The molecule has 9 heteroatoms. The van der Waals surface area contributed by atoms with Crippen LogP contribution < -0.4 is 5.32 Å². The molecule has 0 fully saturated rings. The lowest BCUT2D eigenvalue weighted by Gasteiger charge is -2.17. The number of hydrogen-bond acceptors (Lipinski definition) is 5. The first-order valence-corrected chi connectivity index (χ1v) is 6.32. The second-order valence-electron chi connectivity index (χ2n) is 4.37. The van der Waals surface area contributed by atoms with Crippen LogP contribution in [0, 0.1) is 0 Å². The molecule has 0 saturated carbocycles. The molecule has 1 N–H and O–H groups in total. The zero-order chi connectivity index (χ0) is 17.6. The second kappa shape index (κ2) is 7.61. The van der Waals surface area contributed by atoms with E-state index in [0.29, 0.717) is 0 Å². The average Bonchev–Trinajstić information content (AvgIpc) is 2.52. The van der Waals surface area contributed by atoms with Gasteiger partial charge in [-0.1, -0.05) is 12.1 Å². The van der Waals surface area contributed by atoms with Gasteiger partial charge in [-0.05, 0) is 12.1 Å². The van der Waals surface area contributed by atoms with E-state index in [0.717, 1.165) is 32.4 Å². The van der Waals surface area contributed by atoms with Gasteiger partial charge in [-0.2, -0.15) is 13.2 Å². The van der Waals surface area contributed by atoms with E-state index in [4.69, 9.17) is 0 Å². The van der Waals surface area contributed by atoms with E-state index in [2.05, 4.69) is 9.47 Å². The highest BCUT2D eigenvalue weighted by Crippen LogP contribution is 2.31. The molecular formula is C14H14F3NO5. The van der Waals surface area contributed by atoms with Crippen molar-refractivity contribution < 1.29 is 37.0 Å². The lowest BCUT2D eigenvalue weighted by Crippen LogP contribution is -2.43. The number of alkyl halides is 3. The fourth-order valence-corrected chi connectivity index (χ4v) is 1.75. The van der Waals surface area contributed by atoms with E-state index in [1.54, 1.807) is 0 Å². The molecule has 23 heavy (non-hydrogen) atoms. The molecule has 6 nitrogen and oxygen atoms in total. The van der Waals surface area contributed by atoms with Crippen molar-refractivity contribution in [1.82, 2.24) is 5.32 Å². The summed E-state index contributed by atoms with van der Waals surface area (Å²) in [7, 11) is 2.08. The summed E-state index contributed by atoms with van der Waals surface area (Å²) in [5, 5.41) is 2.05. The molecule has 0 heterocycles. The van der Waals surface area contributed by atoms with Gasteiger partial charge in [0.2, 0.25) is 0 Å². The van der Waals surface area contributed by atoms with Gasteiger partial charge in [0.15, 0.2) is 0 Å². The molecule has 0 bridgehead atoms. The van der Waals surface area contributed by atoms with Gasteiger partial charge in [0.1, 0.15) is 6.04 Å². The quantitative estimate of drug-likeness (QED) is 0.827. The number of ether oxygens (including phenoxy) is 2. The maximum atomic E-state index is 12.9. The third kappa shape index (κ3) is 4.97. The van der Waals surface area contributed by atoms with Crippen LogP contribution in [0.5, 0.6) is 0 Å². The molecule has 0 aliphatic heterocycles. The van der Waals surface area contributed by atoms with Gasteiger partial charge in [0, 0.05) is 0 Å². The first-order valence-electron chi connectivity index (χ1n) is 6.32. The van der Waals surface area contributed by atoms with E-state index in [-0.39, 0.29) is 0 Å². The molecule has 1 atom stereocenters. The normalized spacial score (nSPS) is 12.2. The monoisotopic (exact) mass is 333 g/mol. The van der Waals surface area contributed by atoms with E-state index < -0.39 is 47.6 Å². The van der Waals surface area contributed by atoms with Crippen molar-refractivity contribution >= 4 is 17.8 Å². The van der Waals surface area contributed by atoms with Crippen LogP contribution >= 0.6 is 0 Å². The van der Waals surface area contributed by atoms with Gasteiger partial charge in [0.25, 0.3) is 5.91 Å². The maximum absolute atomic E-state index is 12.9. The van der Waals surface area contributed by atoms with Crippen molar-refractivity contribution in [3.63, 3.8) is 0 Å². The number of esters is 2. The standard InChI is InChI=1S/C14H14F3NO5/c1-22-11(19)7-10(13(21)23-2)18-12(20)8-5-3-4-6-9(8)14(15,16)17/h3-6,10H,7H2,1-2H3,(H,18,20)/t10-/m1/s1. The minimum absolute atomic E-state index is 0.566. The van der Waals surface area contributed by atoms with Crippen LogP contribution in [-0.2, 0) is 25.2 Å². The Balaban J connectivity index is 3.04. The smallest absolute Gasteiger partial charge is 0.417 e. The van der Waals surface area contributed by atoms with Gasteiger partial charge >= 0.3 is 18.1 Å². The summed E-state index contributed by atoms with van der Waals surface area (Å²) in [6.45, 7) is 0. The number of hydrogen-bond donors (Lipinski definition) is 1. The Bertz CT molecular complexity index is 600. The summed E-state index contributed by atoms with van der Waals surface area (Å²) in [4.78, 5) is 34.8. The fourth-order valence-electron chi connectivity index (χ4n) is 1.75. The van der Waals surface area contributed by atoms with Crippen LogP contribution in [0.3, 0.4) is 0 Å². The zero-order valence-corrected chi connectivity index (χ0v) is 12.3. The van der Waals surface area contributed by atoms with E-state index in [1.807, 2.05) is 5.32 Å². The third-order valence-electron chi connectivity index (χ3n) is 2.87. The topological polar surface area (TPSA) is 81.7 Å². The van der Waals surface area contributed by atoms with Crippen LogP contribution in [0.1, 0.15) is 22.3 Å². The van der Waals surface area contributed by atoms with Crippen molar-refractivity contribution in [1.29, 1.82) is 0 Å². The largest absolute Gasteiger partial charge is 0.469 e. The first-order chi connectivity index (χ1) is 10.7. The van der Waals surface area contributed by atoms with Crippen molar-refractivity contribution in [2.45, 2.75) is 18.6 Å². The van der Waals surface area contributed by atoms with Crippen molar-refractivity contribution in [3.05, 3.63) is 35.4 Å². The number of rotatable bonds is 5. The van der Waals surface area contributed by atoms with Crippen LogP contribution in [-0.4, -0.2) is 38.1 Å². The Hall–Kier alpha value is -2.58. The molecule has 0 aliphatic rings. The van der Waals surface area contributed by atoms with E-state index >= 15 is 0 Å². The molecule has 0 radical (unpaired) electrons. The van der Waals surface area contributed by atoms with Crippen LogP contribution in [0.2, 0.25) is 0 Å². The predicted molar refractivity (Wildman–Crippen MR) is 71.3 cm³/mol. The van der Waals surface area contributed by atoms with Gasteiger partial charge in [-0.25, -0.2) is 4.79 Å². The number of carbonyl (C=O) groups is 3. The molecule has 126 valence electrons. The number of nitrogens with one attached hydrogen (secondary N) is 1. The van der Waals surface area contributed by atoms with Gasteiger partial charge in [0.05, 0.1) is 31.8 Å². The third-order valence-corrected chi connectivity index (χ3v) is 2.87. The summed E-state index contributed by atoms with van der Waals surface area (Å²) >= 11 is 0. The summed E-state index contributed by atoms with van der Waals surface area (Å²) in [6, 6.07) is 2.62. The molecule has 1 amide bonds. The van der Waals surface area contributed by atoms with Crippen molar-refractivity contribution in [2.75, 3.05) is 14.2 Å². The summed E-state index contributed by atoms with van der Waals surface area (Å²) in [6.07, 6.45) is -5.31. The molecule has 0 unspecified atom stereocenters. The Morgan fingerprint density at radius 3 is 2.26 bits per heavy atom. The zero-order valence-electron chi connectivity index (χ0n) is 12.3. The Labute approximate surface area is 129 Å². The molecule has 1 aromatic rings. The Morgan fingerprint density at radius 1 is 1.13 bits per heavy atom. The summed E-state index contributed by atoms with van der Waals surface area (Å²) in [5.41, 5.74) is -1.82. The molecule has 1 rings (SSSR count). The summed E-state index contributed by atoms with van der Waals surface area (Å²) < 4.78 is 47.4. The van der Waals surface area contributed by atoms with Gasteiger partial charge < -0.3 is 14.8 Å². The molecule has 0 aliphatic carbocycles. The lowest BCUT2D eigenvalue weighted by atomic mass is 10.1. The van der Waals surface area contributed by atoms with E-state index in [9.17, 15) is 27.6 Å². The molecular weight excluding hydrogens is 319 g/mol. The predicted octanol–water partition coefficient (Wildman–Crippen LogP) is 1.54. The van der Waals surface area contributed by atoms with Crippen LogP contribution in [0.25, 0.3) is 0 Å². The highest BCUT2D eigenvalue weighted by Gasteiger charge is 2.36. The number of methoxy groups -OCH3 is 2. The Kier molecular flexibility index (Phi) is 6.11. The van der Waals surface area contributed by atoms with Crippen molar-refractivity contribution in [2.24, 2.45) is 0 Å². The lowest BCUT2D eigenvalue weighted by molar-refractivity contribution is -0.149. The molecule has 1 aromatic carbocycles. The van der Waals surface area contributed by atoms with Crippen molar-refractivity contribution in [3.8, 4) is 0 Å². The maximum Gasteiger partial charge on any atom is 0.417 e. The second-order valence-corrected chi connectivity index (χ2v) is 4.37. The number of amides is 1.